The van der Waals surface area contributed by atoms with Crippen molar-refractivity contribution in [3.05, 3.63) is 94.9 Å². The lowest BCUT2D eigenvalue weighted by molar-refractivity contribution is -0.131. The van der Waals surface area contributed by atoms with Gasteiger partial charge in [0.05, 0.1) is 10.6 Å². The third-order valence-electron chi connectivity index (χ3n) is 6.14. The highest BCUT2D eigenvalue weighted by atomic mass is 32.2. The third kappa shape index (κ3) is 4.93. The largest absolute Gasteiger partial charge is 0.368 e. The van der Waals surface area contributed by atoms with E-state index in [0.29, 0.717) is 42.3 Å². The summed E-state index contributed by atoms with van der Waals surface area (Å²) in [6.07, 6.45) is 1.54. The molecular weight excluding hydrogens is 468 g/mol. The number of amides is 2. The fourth-order valence-corrected chi connectivity index (χ4v) is 5.30. The smallest absolute Gasteiger partial charge is 0.265 e. The van der Waals surface area contributed by atoms with Crippen molar-refractivity contribution in [1.82, 2.24) is 4.90 Å². The van der Waals surface area contributed by atoms with Crippen molar-refractivity contribution in [3.63, 3.8) is 0 Å². The predicted molar refractivity (Wildman–Crippen MR) is 134 cm³/mol. The molecule has 0 aliphatic carbocycles. The van der Waals surface area contributed by atoms with Gasteiger partial charge in [-0.1, -0.05) is 42.1 Å². The van der Waals surface area contributed by atoms with Crippen molar-refractivity contribution in [3.8, 4) is 0 Å². The third-order valence-corrected chi connectivity index (χ3v) is 7.22. The minimum atomic E-state index is -0.408. The number of carbonyl (C=O) groups excluding carboxylic acids is 2. The molecule has 0 atom stereocenters. The van der Waals surface area contributed by atoms with Crippen LogP contribution in [0.5, 0.6) is 0 Å². The molecule has 1 fully saturated rings. The summed E-state index contributed by atoms with van der Waals surface area (Å²) in [5, 5.41) is 0. The molecule has 8 heteroatoms. The molecule has 0 saturated carbocycles. The number of rotatable bonds is 4. The summed E-state index contributed by atoms with van der Waals surface area (Å²) in [7, 11) is 0. The average Bonchev–Trinajstić information content (AvgIpc) is 2.88. The molecule has 0 bridgehead atoms. The zero-order valence-electron chi connectivity index (χ0n) is 18.9. The van der Waals surface area contributed by atoms with Crippen molar-refractivity contribution in [2.45, 2.75) is 4.90 Å². The molecule has 0 N–H and O–H groups in total. The van der Waals surface area contributed by atoms with E-state index in [0.717, 1.165) is 10.6 Å². The van der Waals surface area contributed by atoms with Crippen molar-refractivity contribution in [2.75, 3.05) is 42.5 Å². The molecule has 5 rings (SSSR count). The van der Waals surface area contributed by atoms with Crippen LogP contribution >= 0.6 is 11.8 Å². The average molecular weight is 492 g/mol. The molecule has 5 nitrogen and oxygen atoms in total. The maximum Gasteiger partial charge on any atom is 0.265 e. The summed E-state index contributed by atoms with van der Waals surface area (Å²) in [5.74, 6) is -1.16. The maximum atomic E-state index is 14.2. The molecule has 3 aromatic rings. The fraction of sp³-hybridized carbons (Fsp3) is 0.185. The van der Waals surface area contributed by atoms with Gasteiger partial charge in [0, 0.05) is 42.3 Å². The van der Waals surface area contributed by atoms with Crippen LogP contribution in [0.4, 0.5) is 20.2 Å². The number of fused-ring (bicyclic) bond motifs is 1. The zero-order valence-corrected chi connectivity index (χ0v) is 19.7. The van der Waals surface area contributed by atoms with Gasteiger partial charge in [-0.2, -0.15) is 0 Å². The van der Waals surface area contributed by atoms with Gasteiger partial charge in [0.1, 0.15) is 18.2 Å². The van der Waals surface area contributed by atoms with Crippen LogP contribution in [0.1, 0.15) is 5.56 Å². The summed E-state index contributed by atoms with van der Waals surface area (Å²) in [4.78, 5) is 33.1. The number of carbonyl (C=O) groups is 2. The van der Waals surface area contributed by atoms with Crippen LogP contribution in [0.3, 0.4) is 0 Å². The highest BCUT2D eigenvalue weighted by molar-refractivity contribution is 8.04. The molecule has 35 heavy (non-hydrogen) atoms. The normalized spacial score (nSPS) is 17.0. The van der Waals surface area contributed by atoms with Gasteiger partial charge in [0.25, 0.3) is 5.91 Å². The first kappa shape index (κ1) is 23.1. The minimum absolute atomic E-state index is 0.0957. The van der Waals surface area contributed by atoms with Gasteiger partial charge in [0.15, 0.2) is 0 Å². The number of benzene rings is 3. The van der Waals surface area contributed by atoms with Crippen LogP contribution in [0.2, 0.25) is 0 Å². The van der Waals surface area contributed by atoms with Crippen LogP contribution in [0, 0.1) is 11.6 Å². The lowest BCUT2D eigenvalue weighted by Crippen LogP contribution is -2.52. The number of halogens is 2. The van der Waals surface area contributed by atoms with Gasteiger partial charge in [-0.15, -0.1) is 0 Å². The van der Waals surface area contributed by atoms with E-state index in [1.165, 1.54) is 40.9 Å². The van der Waals surface area contributed by atoms with Crippen molar-refractivity contribution < 1.29 is 18.4 Å². The first-order chi connectivity index (χ1) is 17.0. The van der Waals surface area contributed by atoms with E-state index in [4.69, 9.17) is 0 Å². The quantitative estimate of drug-likeness (QED) is 0.492. The second-order valence-electron chi connectivity index (χ2n) is 8.34. The van der Waals surface area contributed by atoms with E-state index >= 15 is 0 Å². The predicted octanol–water partition coefficient (Wildman–Crippen LogP) is 4.79. The summed E-state index contributed by atoms with van der Waals surface area (Å²) < 4.78 is 27.5. The van der Waals surface area contributed by atoms with Crippen molar-refractivity contribution in [1.29, 1.82) is 0 Å². The van der Waals surface area contributed by atoms with E-state index in [-0.39, 0.29) is 24.2 Å². The highest BCUT2D eigenvalue weighted by Gasteiger charge is 2.32. The standard InChI is InChI=1S/C27H23F2N3O2S/c28-20-9-11-21(12-10-20)30-13-15-31(16-14-30)26(33)18-32-23-7-3-4-8-24(23)35-25(27(32)34)17-19-5-1-2-6-22(19)29/h1-12,17H,13-16,18H2. The van der Waals surface area contributed by atoms with Gasteiger partial charge in [-0.25, -0.2) is 8.78 Å². The Hall–Kier alpha value is -3.65. The van der Waals surface area contributed by atoms with E-state index in [2.05, 4.69) is 4.90 Å². The monoisotopic (exact) mass is 491 g/mol. The number of anilines is 2. The van der Waals surface area contributed by atoms with Crippen LogP contribution in [0.25, 0.3) is 6.08 Å². The van der Waals surface area contributed by atoms with Crippen molar-refractivity contribution >= 4 is 41.0 Å². The van der Waals surface area contributed by atoms with Crippen LogP contribution in [-0.4, -0.2) is 49.4 Å². The summed E-state index contributed by atoms with van der Waals surface area (Å²) in [6.45, 7) is 2.16. The van der Waals surface area contributed by atoms with Gasteiger partial charge in [-0.05, 0) is 48.5 Å². The first-order valence-corrected chi connectivity index (χ1v) is 12.1. The molecule has 2 amide bonds. The summed E-state index contributed by atoms with van der Waals surface area (Å²) in [5.41, 5.74) is 1.91. The topological polar surface area (TPSA) is 43.9 Å². The Kier molecular flexibility index (Phi) is 6.55. The second-order valence-corrected chi connectivity index (χ2v) is 9.42. The van der Waals surface area contributed by atoms with Gasteiger partial charge < -0.3 is 9.80 Å². The van der Waals surface area contributed by atoms with E-state index in [1.54, 1.807) is 35.2 Å². The summed E-state index contributed by atoms with van der Waals surface area (Å²) >= 11 is 1.28. The molecule has 0 unspecified atom stereocenters. The fourth-order valence-electron chi connectivity index (χ4n) is 4.25. The van der Waals surface area contributed by atoms with Crippen LogP contribution in [-0.2, 0) is 9.59 Å². The van der Waals surface area contributed by atoms with Crippen molar-refractivity contribution in [2.24, 2.45) is 0 Å². The van der Waals surface area contributed by atoms with E-state index in [9.17, 15) is 18.4 Å². The van der Waals surface area contributed by atoms with Gasteiger partial charge >= 0.3 is 0 Å². The zero-order chi connectivity index (χ0) is 24.4. The number of hydrogen-bond donors (Lipinski definition) is 0. The molecule has 0 radical (unpaired) electrons. The van der Waals surface area contributed by atoms with Gasteiger partial charge in [0.2, 0.25) is 5.91 Å². The molecule has 0 aromatic heterocycles. The lowest BCUT2D eigenvalue weighted by atomic mass is 10.2. The van der Waals surface area contributed by atoms with E-state index < -0.39 is 5.82 Å². The Morgan fingerprint density at radius 2 is 1.57 bits per heavy atom. The Morgan fingerprint density at radius 1 is 0.886 bits per heavy atom. The Labute approximate surface area is 206 Å². The number of hydrogen-bond acceptors (Lipinski definition) is 4. The molecule has 2 aliphatic heterocycles. The molecule has 178 valence electrons. The molecule has 2 heterocycles. The van der Waals surface area contributed by atoms with Crippen LogP contribution in [0.15, 0.2) is 82.6 Å². The Morgan fingerprint density at radius 3 is 2.31 bits per heavy atom. The minimum Gasteiger partial charge on any atom is -0.368 e. The van der Waals surface area contributed by atoms with E-state index in [1.807, 2.05) is 24.3 Å². The number of para-hydroxylation sites is 1. The Balaban J connectivity index is 1.32. The Bertz CT molecular complexity index is 1290. The second kappa shape index (κ2) is 9.92. The molecule has 3 aromatic carbocycles. The number of nitrogens with zero attached hydrogens (tertiary/aromatic N) is 3. The number of piperazine rings is 1. The maximum absolute atomic E-state index is 14.2. The molecule has 0 spiro atoms. The van der Waals surface area contributed by atoms with Crippen LogP contribution < -0.4 is 9.80 Å². The SMILES string of the molecule is O=C(CN1C(=O)C(=Cc2ccccc2F)Sc2ccccc21)N1CCN(c2ccc(F)cc2)CC1. The highest BCUT2D eigenvalue weighted by Crippen LogP contribution is 2.42. The molecular formula is C27H23F2N3O2S. The van der Waals surface area contributed by atoms with Gasteiger partial charge in [-0.3, -0.25) is 14.5 Å². The lowest BCUT2D eigenvalue weighted by Gasteiger charge is -2.37. The summed E-state index contributed by atoms with van der Waals surface area (Å²) in [6, 6.07) is 20.0. The number of thioether (sulfide) groups is 1. The first-order valence-electron chi connectivity index (χ1n) is 11.3. The molecule has 1 saturated heterocycles. The molecule has 2 aliphatic rings.